The van der Waals surface area contributed by atoms with Crippen molar-refractivity contribution in [1.82, 2.24) is 39.9 Å². The number of aromatic nitrogens is 8. The van der Waals surface area contributed by atoms with Gasteiger partial charge in [-0.05, 0) is 96.1 Å². The maximum Gasteiger partial charge on any atom is 0.123 e. The Morgan fingerprint density at radius 1 is 0.225 bits per heavy atom. The molecule has 16 heteroatoms. The first-order valence-corrected chi connectivity index (χ1v) is 26.3. The van der Waals surface area contributed by atoms with E-state index in [9.17, 15) is 0 Å². The van der Waals surface area contributed by atoms with Crippen LogP contribution in [0.5, 0.6) is 23.0 Å². The van der Waals surface area contributed by atoms with Crippen LogP contribution in [0.1, 0.15) is 0 Å². The lowest BCUT2D eigenvalue weighted by atomic mass is 10.1. The maximum absolute atomic E-state index is 6.05. The van der Waals surface area contributed by atoms with Crippen LogP contribution in [-0.2, 0) is 18.9 Å². The van der Waals surface area contributed by atoms with E-state index in [2.05, 4.69) is 19.9 Å². The molecule has 0 aliphatic rings. The zero-order valence-electron chi connectivity index (χ0n) is 44.0. The highest BCUT2D eigenvalue weighted by Gasteiger charge is 2.13. The molecule has 0 bridgehead atoms. The standard InChI is InChI=1S/C64H58N8O8/c1-5-23-65-55(15-1)61-41-53(42-62(71-61)56-16-2-6-24-66-56)79-37-33-75-29-27-73-31-35-77-51-13-9-11-47(39-51)49-19-21-59(69-45-49)60-22-20-50(46-70-60)48-12-10-14-52(40-48)78-36-32-74-28-30-76-34-38-80-54-43-63(57-17-3-7-25-67-57)72-64(44-54)58-18-4-8-26-68-58/h1-26,39-46H,27-38H2. The fraction of sp³-hybridized carbons (Fsp3) is 0.188. The van der Waals surface area contributed by atoms with Crippen LogP contribution in [0, 0.1) is 0 Å². The van der Waals surface area contributed by atoms with Gasteiger partial charge in [0.1, 0.15) is 49.4 Å². The summed E-state index contributed by atoms with van der Waals surface area (Å²) in [4.78, 5) is 36.9. The number of benzene rings is 2. The lowest BCUT2D eigenvalue weighted by molar-refractivity contribution is 0.0273. The van der Waals surface area contributed by atoms with Gasteiger partial charge in [0.2, 0.25) is 0 Å². The summed E-state index contributed by atoms with van der Waals surface area (Å²) in [7, 11) is 0. The fourth-order valence-electron chi connectivity index (χ4n) is 8.24. The number of hydrogen-bond donors (Lipinski definition) is 0. The molecule has 0 saturated heterocycles. The van der Waals surface area contributed by atoms with Crippen molar-refractivity contribution >= 4 is 0 Å². The van der Waals surface area contributed by atoms with E-state index in [4.69, 9.17) is 57.8 Å². The molecule has 0 saturated carbocycles. The van der Waals surface area contributed by atoms with E-state index in [1.165, 1.54) is 0 Å². The zero-order valence-corrected chi connectivity index (χ0v) is 44.0. The van der Waals surface area contributed by atoms with E-state index < -0.39 is 0 Å². The highest BCUT2D eigenvalue weighted by molar-refractivity contribution is 5.70. The minimum atomic E-state index is 0.362. The molecule has 0 N–H and O–H groups in total. The Hall–Kier alpha value is -9.32. The van der Waals surface area contributed by atoms with Crippen LogP contribution in [-0.4, -0.2) is 119 Å². The molecule has 80 heavy (non-hydrogen) atoms. The second kappa shape index (κ2) is 28.9. The van der Waals surface area contributed by atoms with E-state index in [0.29, 0.717) is 114 Å². The van der Waals surface area contributed by atoms with Gasteiger partial charge in [0.05, 0.1) is 110 Å². The molecular weight excluding hydrogens is 1010 g/mol. The molecule has 402 valence electrons. The third-order valence-corrected chi connectivity index (χ3v) is 12.2. The van der Waals surface area contributed by atoms with Crippen LogP contribution in [0.2, 0.25) is 0 Å². The van der Waals surface area contributed by atoms with E-state index in [1.54, 1.807) is 24.8 Å². The second-order valence-corrected chi connectivity index (χ2v) is 17.8. The van der Waals surface area contributed by atoms with Gasteiger partial charge in [-0.2, -0.15) is 0 Å². The van der Waals surface area contributed by atoms with Crippen LogP contribution in [0.15, 0.2) is 207 Å². The Morgan fingerprint density at radius 2 is 0.537 bits per heavy atom. The molecule has 10 rings (SSSR count). The van der Waals surface area contributed by atoms with Gasteiger partial charge in [-0.3, -0.25) is 29.9 Å². The molecule has 2 aromatic carbocycles. The maximum atomic E-state index is 6.05. The third-order valence-electron chi connectivity index (χ3n) is 12.2. The van der Waals surface area contributed by atoms with Gasteiger partial charge in [-0.25, -0.2) is 9.97 Å². The summed E-state index contributed by atoms with van der Waals surface area (Å²) in [5, 5.41) is 0. The summed E-state index contributed by atoms with van der Waals surface area (Å²) in [6.45, 7) is 4.86. The van der Waals surface area contributed by atoms with Crippen molar-refractivity contribution in [2.24, 2.45) is 0 Å². The SMILES string of the molecule is c1ccc(-c2cc(OCCOCCOCCOc3cccc(-c4ccc(-c5ccc(-c6cccc(OCCOCCOCCOc7cc(-c8ccccn8)nc(-c8ccccn8)c7)c6)cn5)nc4)c3)cc(-c3ccccn3)n2)nc1. The minimum Gasteiger partial charge on any atom is -0.491 e. The quantitative estimate of drug-likeness (QED) is 0.0404. The molecule has 0 unspecified atom stereocenters. The molecule has 0 aliphatic heterocycles. The molecule has 0 amide bonds. The summed E-state index contributed by atoms with van der Waals surface area (Å²) in [6.07, 6.45) is 10.7. The van der Waals surface area contributed by atoms with Crippen LogP contribution < -0.4 is 18.9 Å². The van der Waals surface area contributed by atoms with Crippen molar-refractivity contribution in [1.29, 1.82) is 0 Å². The third kappa shape index (κ3) is 15.9. The lowest BCUT2D eigenvalue weighted by Crippen LogP contribution is -2.13. The summed E-state index contributed by atoms with van der Waals surface area (Å²) >= 11 is 0. The summed E-state index contributed by atoms with van der Waals surface area (Å²) < 4.78 is 47.2. The van der Waals surface area contributed by atoms with Crippen molar-refractivity contribution in [3.05, 3.63) is 207 Å². The topological polar surface area (TPSA) is 177 Å². The highest BCUT2D eigenvalue weighted by atomic mass is 16.6. The predicted octanol–water partition coefficient (Wildman–Crippen LogP) is 11.5. The molecule has 0 fully saturated rings. The number of nitrogens with zero attached hydrogens (tertiary/aromatic N) is 8. The monoisotopic (exact) mass is 1070 g/mol. The Kier molecular flexibility index (Phi) is 19.5. The molecule has 8 heterocycles. The van der Waals surface area contributed by atoms with Crippen LogP contribution >= 0.6 is 0 Å². The van der Waals surface area contributed by atoms with Crippen LogP contribution in [0.4, 0.5) is 0 Å². The highest BCUT2D eigenvalue weighted by Crippen LogP contribution is 2.30. The largest absolute Gasteiger partial charge is 0.491 e. The van der Waals surface area contributed by atoms with Crippen LogP contribution in [0.3, 0.4) is 0 Å². The van der Waals surface area contributed by atoms with Gasteiger partial charge in [0.15, 0.2) is 0 Å². The summed E-state index contributed by atoms with van der Waals surface area (Å²) in [6, 6.07) is 54.3. The molecule has 10 aromatic rings. The number of hydrogen-bond acceptors (Lipinski definition) is 16. The van der Waals surface area contributed by atoms with E-state index >= 15 is 0 Å². The first-order chi connectivity index (χ1) is 39.7. The van der Waals surface area contributed by atoms with Crippen molar-refractivity contribution in [3.8, 4) is 102 Å². The lowest BCUT2D eigenvalue weighted by Gasteiger charge is -2.11. The molecular formula is C64H58N8O8. The Labute approximate surface area is 464 Å². The van der Waals surface area contributed by atoms with Crippen molar-refractivity contribution in [3.63, 3.8) is 0 Å². The van der Waals surface area contributed by atoms with Crippen molar-refractivity contribution in [2.75, 3.05) is 79.3 Å². The van der Waals surface area contributed by atoms with Crippen molar-refractivity contribution < 1.29 is 37.9 Å². The molecule has 8 aromatic heterocycles. The Morgan fingerprint density at radius 3 is 0.838 bits per heavy atom. The molecule has 16 nitrogen and oxygen atoms in total. The van der Waals surface area contributed by atoms with Crippen LogP contribution in [0.25, 0.3) is 79.2 Å². The Bertz CT molecular complexity index is 3110. The van der Waals surface area contributed by atoms with Gasteiger partial charge < -0.3 is 37.9 Å². The minimum absolute atomic E-state index is 0.362. The van der Waals surface area contributed by atoms with E-state index in [1.807, 2.05) is 182 Å². The molecule has 0 radical (unpaired) electrons. The van der Waals surface area contributed by atoms with E-state index in [-0.39, 0.29) is 0 Å². The summed E-state index contributed by atoms with van der Waals surface area (Å²) in [5.74, 6) is 2.81. The normalized spacial score (nSPS) is 11.1. The number of ether oxygens (including phenoxy) is 8. The van der Waals surface area contributed by atoms with Gasteiger partial charge in [0.25, 0.3) is 0 Å². The van der Waals surface area contributed by atoms with Gasteiger partial charge >= 0.3 is 0 Å². The van der Waals surface area contributed by atoms with Gasteiger partial charge in [-0.1, -0.05) is 60.7 Å². The smallest absolute Gasteiger partial charge is 0.123 e. The fourth-order valence-corrected chi connectivity index (χ4v) is 8.24. The number of pyridine rings is 8. The van der Waals surface area contributed by atoms with Gasteiger partial charge in [-0.15, -0.1) is 0 Å². The van der Waals surface area contributed by atoms with E-state index in [0.717, 1.165) is 67.9 Å². The zero-order chi connectivity index (χ0) is 54.2. The Balaban J connectivity index is 0.594. The first-order valence-electron chi connectivity index (χ1n) is 26.3. The van der Waals surface area contributed by atoms with Crippen molar-refractivity contribution in [2.45, 2.75) is 0 Å². The van der Waals surface area contributed by atoms with Gasteiger partial charge in [0, 0.05) is 72.6 Å². The predicted molar refractivity (Wildman–Crippen MR) is 305 cm³/mol. The average molecular weight is 1070 g/mol. The average Bonchev–Trinajstić information content (AvgIpc) is 3.55. The number of rotatable bonds is 29. The molecule has 0 aliphatic carbocycles. The molecule has 0 atom stereocenters. The first kappa shape index (κ1) is 54.1. The second-order valence-electron chi connectivity index (χ2n) is 17.8. The molecule has 0 spiro atoms. The summed E-state index contributed by atoms with van der Waals surface area (Å²) in [5.41, 5.74) is 11.3.